The molecule has 0 unspecified atom stereocenters. The molecule has 0 aliphatic heterocycles. The maximum atomic E-state index is 11.4. The Morgan fingerprint density at radius 3 is 1.90 bits per heavy atom. The number of halogens is 4. The minimum atomic E-state index is -6.00. The van der Waals surface area contributed by atoms with Crippen LogP contribution in [0, 0.1) is 20.8 Å². The van der Waals surface area contributed by atoms with Gasteiger partial charge in [0, 0.05) is 31.2 Å². The van der Waals surface area contributed by atoms with Crippen LogP contribution in [-0.2, 0) is 0 Å². The highest BCUT2D eigenvalue weighted by Gasteiger charge is 2.20. The van der Waals surface area contributed by atoms with Crippen molar-refractivity contribution in [2.45, 2.75) is 20.8 Å². The number of hydrogen-bond acceptors (Lipinski definition) is 1. The normalized spacial score (nSPS) is 10.8. The third-order valence-electron chi connectivity index (χ3n) is 2.62. The standard InChI is InChI=1S/C13H15N2O.BF4/c1-10-6-4-5-7-14(10)15-11(2)8-13(16)9-12(15)3;2-1(3,4)5/h4-9H,1-3H3;/q+1;-1. The van der Waals surface area contributed by atoms with Crippen molar-refractivity contribution in [1.29, 1.82) is 0 Å². The molecule has 0 saturated heterocycles. The summed E-state index contributed by atoms with van der Waals surface area (Å²) in [5, 5.41) is 0. The Morgan fingerprint density at radius 2 is 1.48 bits per heavy atom. The highest BCUT2D eigenvalue weighted by atomic mass is 19.5. The first kappa shape index (κ1) is 16.9. The van der Waals surface area contributed by atoms with E-state index in [4.69, 9.17) is 0 Å². The summed E-state index contributed by atoms with van der Waals surface area (Å²) in [5.41, 5.74) is 3.05. The Labute approximate surface area is 119 Å². The smallest absolute Gasteiger partial charge is 0.418 e. The van der Waals surface area contributed by atoms with Crippen LogP contribution in [0.5, 0.6) is 0 Å². The molecule has 0 bridgehead atoms. The maximum Gasteiger partial charge on any atom is 0.673 e. The fourth-order valence-electron chi connectivity index (χ4n) is 1.94. The third-order valence-corrected chi connectivity index (χ3v) is 2.62. The van der Waals surface area contributed by atoms with E-state index in [1.54, 1.807) is 12.1 Å². The number of nitrogens with zero attached hydrogens (tertiary/aromatic N) is 2. The Hall–Kier alpha value is -2.12. The molecule has 0 saturated carbocycles. The molecular weight excluding hydrogens is 287 g/mol. The van der Waals surface area contributed by atoms with Crippen molar-refractivity contribution in [3.8, 4) is 0 Å². The van der Waals surface area contributed by atoms with Gasteiger partial charge in [-0.15, -0.1) is 4.68 Å². The molecule has 2 rings (SSSR count). The van der Waals surface area contributed by atoms with Gasteiger partial charge in [0.1, 0.15) is 0 Å². The molecule has 2 heterocycles. The zero-order valence-corrected chi connectivity index (χ0v) is 11.9. The predicted octanol–water partition coefficient (Wildman–Crippen LogP) is 2.67. The van der Waals surface area contributed by atoms with Gasteiger partial charge >= 0.3 is 7.25 Å². The van der Waals surface area contributed by atoms with Gasteiger partial charge in [-0.3, -0.25) is 4.79 Å². The highest BCUT2D eigenvalue weighted by molar-refractivity contribution is 6.50. The van der Waals surface area contributed by atoms with Crippen molar-refractivity contribution < 1.29 is 21.9 Å². The summed E-state index contributed by atoms with van der Waals surface area (Å²) in [4.78, 5) is 11.4. The van der Waals surface area contributed by atoms with E-state index in [0.29, 0.717) is 0 Å². The van der Waals surface area contributed by atoms with Crippen molar-refractivity contribution in [2.24, 2.45) is 0 Å². The van der Waals surface area contributed by atoms with Gasteiger partial charge in [0.25, 0.3) is 0 Å². The Balaban J connectivity index is 0.000000383. The third kappa shape index (κ3) is 5.41. The van der Waals surface area contributed by atoms with Crippen LogP contribution in [-0.4, -0.2) is 11.9 Å². The molecule has 0 N–H and O–H groups in total. The molecule has 0 aromatic carbocycles. The first-order valence-corrected chi connectivity index (χ1v) is 6.15. The molecule has 2 aromatic heterocycles. The predicted molar refractivity (Wildman–Crippen MR) is 72.5 cm³/mol. The zero-order valence-electron chi connectivity index (χ0n) is 11.9. The zero-order chi connectivity index (χ0) is 16.2. The Kier molecular flexibility index (Phi) is 5.29. The van der Waals surface area contributed by atoms with Gasteiger partial charge in [-0.2, -0.15) is 0 Å². The van der Waals surface area contributed by atoms with Crippen LogP contribution in [0.15, 0.2) is 41.3 Å². The van der Waals surface area contributed by atoms with E-state index in [9.17, 15) is 22.1 Å². The molecule has 0 spiro atoms. The van der Waals surface area contributed by atoms with Crippen molar-refractivity contribution >= 4 is 7.25 Å². The first-order chi connectivity index (χ1) is 9.59. The minimum absolute atomic E-state index is 0.0560. The van der Waals surface area contributed by atoms with Crippen LogP contribution < -0.4 is 10.1 Å². The molecular formula is C13H15BF4N2O. The lowest BCUT2D eigenvalue weighted by atomic mass is 10.3. The van der Waals surface area contributed by atoms with Crippen molar-refractivity contribution in [1.82, 2.24) is 4.68 Å². The molecule has 0 atom stereocenters. The van der Waals surface area contributed by atoms with Crippen LogP contribution >= 0.6 is 0 Å². The number of pyridine rings is 2. The molecule has 0 aliphatic carbocycles. The Bertz CT molecular complexity index is 650. The van der Waals surface area contributed by atoms with Crippen molar-refractivity contribution in [2.75, 3.05) is 0 Å². The van der Waals surface area contributed by atoms with Crippen molar-refractivity contribution in [3.63, 3.8) is 0 Å². The maximum absolute atomic E-state index is 11.4. The highest BCUT2D eigenvalue weighted by Crippen LogP contribution is 2.06. The van der Waals surface area contributed by atoms with E-state index in [1.807, 2.05) is 54.5 Å². The van der Waals surface area contributed by atoms with Crippen LogP contribution in [0.2, 0.25) is 0 Å². The molecule has 2 aromatic rings. The van der Waals surface area contributed by atoms with E-state index < -0.39 is 7.25 Å². The van der Waals surface area contributed by atoms with Gasteiger partial charge in [0.15, 0.2) is 5.43 Å². The fraction of sp³-hybridized carbons (Fsp3) is 0.231. The summed E-state index contributed by atoms with van der Waals surface area (Å²) >= 11 is 0. The summed E-state index contributed by atoms with van der Waals surface area (Å²) in [6.45, 7) is 5.92. The monoisotopic (exact) mass is 302 g/mol. The second kappa shape index (κ2) is 6.56. The summed E-state index contributed by atoms with van der Waals surface area (Å²) in [6.07, 6.45) is 1.99. The van der Waals surface area contributed by atoms with E-state index >= 15 is 0 Å². The SMILES string of the molecule is Cc1cc(=O)cc(C)n1-[n+]1ccccc1C.F[B-](F)(F)F. The van der Waals surface area contributed by atoms with Gasteiger partial charge < -0.3 is 17.3 Å². The number of aromatic nitrogens is 2. The van der Waals surface area contributed by atoms with E-state index in [1.165, 1.54) is 0 Å². The molecule has 0 amide bonds. The van der Waals surface area contributed by atoms with E-state index in [0.717, 1.165) is 17.1 Å². The minimum Gasteiger partial charge on any atom is -0.418 e. The van der Waals surface area contributed by atoms with E-state index in [-0.39, 0.29) is 5.43 Å². The summed E-state index contributed by atoms with van der Waals surface area (Å²) in [5.74, 6) is 0. The van der Waals surface area contributed by atoms with Gasteiger partial charge in [-0.25, -0.2) is 0 Å². The summed E-state index contributed by atoms with van der Waals surface area (Å²) < 4.78 is 43.1. The van der Waals surface area contributed by atoms with Crippen molar-refractivity contribution in [3.05, 3.63) is 63.8 Å². The molecule has 0 aliphatic rings. The molecule has 0 radical (unpaired) electrons. The lowest BCUT2D eigenvalue weighted by molar-refractivity contribution is -0.735. The van der Waals surface area contributed by atoms with Gasteiger partial charge in [0.2, 0.25) is 11.9 Å². The van der Waals surface area contributed by atoms with Gasteiger partial charge in [-0.05, 0) is 19.9 Å². The summed E-state index contributed by atoms with van der Waals surface area (Å²) in [7, 11) is -6.00. The second-order valence-electron chi connectivity index (χ2n) is 4.47. The number of aryl methyl sites for hydroxylation is 3. The van der Waals surface area contributed by atoms with Crippen LogP contribution in [0.1, 0.15) is 17.1 Å². The van der Waals surface area contributed by atoms with Crippen LogP contribution in [0.25, 0.3) is 0 Å². The molecule has 114 valence electrons. The number of hydrogen-bond donors (Lipinski definition) is 0. The van der Waals surface area contributed by atoms with E-state index in [2.05, 4.69) is 0 Å². The van der Waals surface area contributed by atoms with Gasteiger partial charge in [0.05, 0.1) is 11.4 Å². The largest absolute Gasteiger partial charge is 0.673 e. The number of rotatable bonds is 1. The molecule has 3 nitrogen and oxygen atoms in total. The summed E-state index contributed by atoms with van der Waals surface area (Å²) in [6, 6.07) is 9.30. The second-order valence-corrected chi connectivity index (χ2v) is 4.47. The average molecular weight is 302 g/mol. The quantitative estimate of drug-likeness (QED) is 0.452. The Morgan fingerprint density at radius 1 is 1.00 bits per heavy atom. The average Bonchev–Trinajstić information content (AvgIpc) is 2.28. The molecule has 21 heavy (non-hydrogen) atoms. The molecule has 8 heteroatoms. The van der Waals surface area contributed by atoms with Gasteiger partial charge in [-0.1, -0.05) is 4.68 Å². The fourth-order valence-corrected chi connectivity index (χ4v) is 1.94. The van der Waals surface area contributed by atoms with Crippen LogP contribution in [0.3, 0.4) is 0 Å². The lowest BCUT2D eigenvalue weighted by Crippen LogP contribution is -2.47. The lowest BCUT2D eigenvalue weighted by Gasteiger charge is -2.08. The topological polar surface area (TPSA) is 25.9 Å². The first-order valence-electron chi connectivity index (χ1n) is 6.15. The van der Waals surface area contributed by atoms with Crippen LogP contribution in [0.4, 0.5) is 17.3 Å². The molecule has 0 fully saturated rings.